The molecule has 0 saturated heterocycles. The molecule has 0 atom stereocenters. The van der Waals surface area contributed by atoms with E-state index in [1.54, 1.807) is 36.4 Å². The van der Waals surface area contributed by atoms with Gasteiger partial charge in [-0.1, -0.05) is 54.6 Å². The summed E-state index contributed by atoms with van der Waals surface area (Å²) in [6.45, 7) is 11.4. The number of carbonyl (C=O) groups excluding carboxylic acids is 3. The molecule has 0 fully saturated rings. The smallest absolute Gasteiger partial charge is 0.255 e. The van der Waals surface area contributed by atoms with Crippen molar-refractivity contribution in [3.05, 3.63) is 196 Å². The molecule has 7 rings (SSSR count). The number of anilines is 3. The van der Waals surface area contributed by atoms with E-state index in [1.165, 1.54) is 18.2 Å². The summed E-state index contributed by atoms with van der Waals surface area (Å²) >= 11 is 0. The Balaban J connectivity index is 1.14. The molecule has 0 aliphatic rings. The maximum atomic E-state index is 14.0. The van der Waals surface area contributed by atoms with Gasteiger partial charge in [0.2, 0.25) is 0 Å². The number of aryl methyl sites for hydroxylation is 6. The Labute approximate surface area is 366 Å². The first-order valence-corrected chi connectivity index (χ1v) is 20.2. The molecule has 0 spiro atoms. The van der Waals surface area contributed by atoms with Crippen LogP contribution in [-0.4, -0.2) is 17.7 Å². The molecule has 0 aliphatic carbocycles. The first kappa shape index (κ1) is 42.9. The first-order chi connectivity index (χ1) is 30.4. The van der Waals surface area contributed by atoms with Crippen LogP contribution in [0.5, 0.6) is 0 Å². The van der Waals surface area contributed by atoms with Crippen LogP contribution in [-0.2, 0) is 0 Å². The fourth-order valence-corrected chi connectivity index (χ4v) is 6.52. The average Bonchev–Trinajstić information content (AvgIpc) is 3.27. The van der Waals surface area contributed by atoms with E-state index in [4.69, 9.17) is 0 Å². The average molecular weight is 832 g/mol. The first-order valence-electron chi connectivity index (χ1n) is 20.2. The molecular formula is C51H45N9O3. The number of hydrogen-bond acceptors (Lipinski definition) is 9. The highest BCUT2D eigenvalue weighted by atomic mass is 16.2. The molecular weight excluding hydrogens is 787 g/mol. The van der Waals surface area contributed by atoms with Crippen LogP contribution < -0.4 is 16.0 Å². The lowest BCUT2D eigenvalue weighted by molar-refractivity contribution is 0.102. The monoisotopic (exact) mass is 831 g/mol. The van der Waals surface area contributed by atoms with Gasteiger partial charge in [0.05, 0.1) is 34.1 Å². The SMILES string of the molecule is Cc1ccccc1/N=N/c1ccc(NC(=O)c2cc(C(=O)Nc3ccc(/N=N/c4ccccc4C)cc3C)cc(C(=O)Nc3ccc(/N=N/c4ccccc4C)cc3C)c2)c(C)c1. The summed E-state index contributed by atoms with van der Waals surface area (Å²) in [5.74, 6) is -1.56. The molecule has 3 N–H and O–H groups in total. The topological polar surface area (TPSA) is 161 Å². The lowest BCUT2D eigenvalue weighted by Gasteiger charge is -2.14. The molecule has 312 valence electrons. The summed E-state index contributed by atoms with van der Waals surface area (Å²) in [7, 11) is 0. The Kier molecular flexibility index (Phi) is 13.2. The lowest BCUT2D eigenvalue weighted by atomic mass is 10.0. The number of nitrogens with zero attached hydrogens (tertiary/aromatic N) is 6. The molecule has 63 heavy (non-hydrogen) atoms. The van der Waals surface area contributed by atoms with Crippen LogP contribution in [0.15, 0.2) is 176 Å². The zero-order chi connectivity index (χ0) is 44.5. The second-order valence-corrected chi connectivity index (χ2v) is 15.1. The van der Waals surface area contributed by atoms with Gasteiger partial charge in [0.25, 0.3) is 17.7 Å². The molecule has 0 radical (unpaired) electrons. The molecule has 7 aromatic rings. The van der Waals surface area contributed by atoms with Crippen molar-refractivity contribution in [1.29, 1.82) is 0 Å². The van der Waals surface area contributed by atoms with E-state index in [1.807, 2.05) is 133 Å². The summed E-state index contributed by atoms with van der Waals surface area (Å²) in [6, 6.07) is 43.4. The third kappa shape index (κ3) is 10.9. The van der Waals surface area contributed by atoms with Crippen molar-refractivity contribution in [1.82, 2.24) is 0 Å². The van der Waals surface area contributed by atoms with Gasteiger partial charge in [0.1, 0.15) is 0 Å². The van der Waals surface area contributed by atoms with Crippen LogP contribution in [0.25, 0.3) is 0 Å². The third-order valence-corrected chi connectivity index (χ3v) is 10.3. The van der Waals surface area contributed by atoms with Crippen molar-refractivity contribution in [2.75, 3.05) is 16.0 Å². The number of rotatable bonds is 12. The Morgan fingerprint density at radius 1 is 0.317 bits per heavy atom. The van der Waals surface area contributed by atoms with Crippen LogP contribution in [0.1, 0.15) is 64.5 Å². The van der Waals surface area contributed by atoms with E-state index in [-0.39, 0.29) is 16.7 Å². The Morgan fingerprint density at radius 2 is 0.587 bits per heavy atom. The summed E-state index contributed by atoms with van der Waals surface area (Å²) in [5.41, 5.74) is 11.2. The van der Waals surface area contributed by atoms with Gasteiger partial charge in [-0.3, -0.25) is 14.4 Å². The van der Waals surface area contributed by atoms with Crippen LogP contribution in [0, 0.1) is 41.5 Å². The lowest BCUT2D eigenvalue weighted by Crippen LogP contribution is -2.20. The minimum Gasteiger partial charge on any atom is -0.322 e. The number of carbonyl (C=O) groups is 3. The maximum Gasteiger partial charge on any atom is 0.255 e. The fourth-order valence-electron chi connectivity index (χ4n) is 6.52. The predicted molar refractivity (Wildman–Crippen MR) is 250 cm³/mol. The van der Waals surface area contributed by atoms with Crippen molar-refractivity contribution in [3.63, 3.8) is 0 Å². The second-order valence-electron chi connectivity index (χ2n) is 15.1. The van der Waals surface area contributed by atoms with Gasteiger partial charge in [-0.15, -0.1) is 0 Å². The van der Waals surface area contributed by atoms with Gasteiger partial charge in [-0.05, 0) is 166 Å². The molecule has 0 unspecified atom stereocenters. The molecule has 12 nitrogen and oxygen atoms in total. The molecule has 7 aromatic carbocycles. The van der Waals surface area contributed by atoms with Crippen LogP contribution >= 0.6 is 0 Å². The zero-order valence-corrected chi connectivity index (χ0v) is 35.8. The highest BCUT2D eigenvalue weighted by Gasteiger charge is 2.19. The van der Waals surface area contributed by atoms with Crippen LogP contribution in [0.3, 0.4) is 0 Å². The van der Waals surface area contributed by atoms with E-state index in [9.17, 15) is 14.4 Å². The van der Waals surface area contributed by atoms with E-state index < -0.39 is 17.7 Å². The van der Waals surface area contributed by atoms with E-state index in [2.05, 4.69) is 46.6 Å². The molecule has 0 aromatic heterocycles. The normalized spacial score (nSPS) is 11.3. The molecule has 0 saturated carbocycles. The highest BCUT2D eigenvalue weighted by Crippen LogP contribution is 2.30. The summed E-state index contributed by atoms with van der Waals surface area (Å²) in [4.78, 5) is 41.9. The fraction of sp³-hybridized carbons (Fsp3) is 0.118. The van der Waals surface area contributed by atoms with Gasteiger partial charge in [-0.2, -0.15) is 30.7 Å². The van der Waals surface area contributed by atoms with Gasteiger partial charge in [0.15, 0.2) is 0 Å². The Bertz CT molecular complexity index is 2640. The number of benzene rings is 7. The maximum absolute atomic E-state index is 14.0. The van der Waals surface area contributed by atoms with Crippen molar-refractivity contribution in [3.8, 4) is 0 Å². The summed E-state index contributed by atoms with van der Waals surface area (Å²) in [5, 5.41) is 35.1. The minimum absolute atomic E-state index is 0.0999. The predicted octanol–water partition coefficient (Wildman–Crippen LogP) is 14.5. The van der Waals surface area contributed by atoms with Gasteiger partial charge in [-0.25, -0.2) is 0 Å². The van der Waals surface area contributed by atoms with E-state index in [0.717, 1.165) is 50.4 Å². The zero-order valence-electron chi connectivity index (χ0n) is 35.8. The third-order valence-electron chi connectivity index (χ3n) is 10.3. The number of amides is 3. The summed E-state index contributed by atoms with van der Waals surface area (Å²) in [6.07, 6.45) is 0. The molecule has 12 heteroatoms. The molecule has 0 aliphatic heterocycles. The standard InChI is InChI=1S/C51H45N9O3/c1-31-13-7-10-16-46(31)58-55-40-19-22-43(34(4)25-40)52-49(61)37-28-38(50(62)53-44-23-20-41(26-35(44)5)56-59-47-17-11-8-14-32(47)2)30-39(29-37)51(63)54-45-24-21-42(27-36(45)6)57-60-48-18-12-9-15-33(48)3/h7-30H,1-6H3,(H,52,61)(H,53,62)(H,54,63)/b58-55+,59-56+,60-57+. The molecule has 0 heterocycles. The van der Waals surface area contributed by atoms with E-state index >= 15 is 0 Å². The van der Waals surface area contributed by atoms with Crippen molar-refractivity contribution < 1.29 is 14.4 Å². The summed E-state index contributed by atoms with van der Waals surface area (Å²) < 4.78 is 0. The van der Waals surface area contributed by atoms with E-state index in [0.29, 0.717) is 34.1 Å². The highest BCUT2D eigenvalue weighted by molar-refractivity contribution is 6.13. The van der Waals surface area contributed by atoms with Crippen molar-refractivity contribution in [2.45, 2.75) is 41.5 Å². The molecule has 3 amide bonds. The number of hydrogen-bond donors (Lipinski definition) is 3. The minimum atomic E-state index is -0.518. The van der Waals surface area contributed by atoms with Crippen molar-refractivity contribution >= 4 is 68.9 Å². The molecule has 0 bridgehead atoms. The number of azo groups is 3. The van der Waals surface area contributed by atoms with Gasteiger partial charge < -0.3 is 16.0 Å². The second kappa shape index (κ2) is 19.4. The number of nitrogens with one attached hydrogen (secondary N) is 3. The Hall–Kier alpha value is -8.25. The van der Waals surface area contributed by atoms with Gasteiger partial charge in [0, 0.05) is 33.8 Å². The van der Waals surface area contributed by atoms with Crippen LogP contribution in [0.2, 0.25) is 0 Å². The van der Waals surface area contributed by atoms with Crippen LogP contribution in [0.4, 0.5) is 51.2 Å². The van der Waals surface area contributed by atoms with Crippen molar-refractivity contribution in [2.24, 2.45) is 30.7 Å². The van der Waals surface area contributed by atoms with Gasteiger partial charge >= 0.3 is 0 Å². The largest absolute Gasteiger partial charge is 0.322 e. The quantitative estimate of drug-likeness (QED) is 0.105. The Morgan fingerprint density at radius 3 is 0.841 bits per heavy atom.